The van der Waals surface area contributed by atoms with Crippen molar-refractivity contribution in [3.8, 4) is 5.75 Å². The summed E-state index contributed by atoms with van der Waals surface area (Å²) in [7, 11) is 0. The first kappa shape index (κ1) is 9.15. The first-order chi connectivity index (χ1) is 6.59. The lowest BCUT2D eigenvalue weighted by atomic mass is 10.1. The molecule has 3 nitrogen and oxygen atoms in total. The molecular weight excluding hydrogens is 198 g/mol. The van der Waals surface area contributed by atoms with Crippen molar-refractivity contribution < 1.29 is 9.90 Å². The van der Waals surface area contributed by atoms with Gasteiger partial charge in [0.05, 0.1) is 15.3 Å². The smallest absolute Gasteiger partial charge is 0.163 e. The number of hydrogen-bond donors (Lipinski definition) is 1. The summed E-state index contributed by atoms with van der Waals surface area (Å²) in [4.78, 5) is 15.3. The number of hydrogen-bond acceptors (Lipinski definition) is 4. The van der Waals surface area contributed by atoms with Crippen LogP contribution in [0.5, 0.6) is 5.75 Å². The van der Waals surface area contributed by atoms with Gasteiger partial charge in [-0.15, -0.1) is 11.3 Å². The fraction of sp³-hybridized carbons (Fsp3) is 0.200. The summed E-state index contributed by atoms with van der Waals surface area (Å²) in [6.45, 7) is 3.30. The number of thiazole rings is 1. The highest BCUT2D eigenvalue weighted by Crippen LogP contribution is 2.31. The third-order valence-corrected chi connectivity index (χ3v) is 2.96. The van der Waals surface area contributed by atoms with Crippen molar-refractivity contribution in [1.29, 1.82) is 0 Å². The number of aryl methyl sites for hydroxylation is 1. The number of fused-ring (bicyclic) bond motifs is 1. The van der Waals surface area contributed by atoms with Gasteiger partial charge in [0.25, 0.3) is 0 Å². The van der Waals surface area contributed by atoms with Crippen molar-refractivity contribution in [1.82, 2.24) is 4.98 Å². The lowest BCUT2D eigenvalue weighted by Crippen LogP contribution is -1.92. The fourth-order valence-electron chi connectivity index (χ4n) is 1.38. The number of aromatic nitrogens is 1. The second kappa shape index (κ2) is 3.06. The Labute approximate surface area is 85.0 Å². The number of benzene rings is 1. The van der Waals surface area contributed by atoms with E-state index in [-0.39, 0.29) is 11.5 Å². The van der Waals surface area contributed by atoms with Gasteiger partial charge in [-0.1, -0.05) is 0 Å². The molecule has 0 saturated heterocycles. The molecule has 0 fully saturated rings. The van der Waals surface area contributed by atoms with E-state index in [1.807, 2.05) is 13.0 Å². The molecule has 0 unspecified atom stereocenters. The number of carbonyl (C=O) groups excluding carboxylic acids is 1. The molecule has 0 aliphatic rings. The maximum atomic E-state index is 11.1. The Bertz CT molecular complexity index is 516. The standard InChI is InChI=1S/C10H9NO2S/c1-5(12)7-3-4-8-9(10(7)13)11-6(2)14-8/h3-4,13H,1-2H3. The predicted molar refractivity (Wildman–Crippen MR) is 56.0 cm³/mol. The van der Waals surface area contributed by atoms with E-state index in [9.17, 15) is 9.90 Å². The summed E-state index contributed by atoms with van der Waals surface area (Å²) in [6, 6.07) is 3.45. The highest BCUT2D eigenvalue weighted by molar-refractivity contribution is 7.18. The minimum absolute atomic E-state index is 0.000602. The van der Waals surface area contributed by atoms with E-state index in [0.717, 1.165) is 9.71 Å². The van der Waals surface area contributed by atoms with E-state index in [1.54, 1.807) is 6.07 Å². The van der Waals surface area contributed by atoms with E-state index >= 15 is 0 Å². The summed E-state index contributed by atoms with van der Waals surface area (Å²) >= 11 is 1.50. The highest BCUT2D eigenvalue weighted by atomic mass is 32.1. The third kappa shape index (κ3) is 1.28. The van der Waals surface area contributed by atoms with Crippen LogP contribution in [0.1, 0.15) is 22.3 Å². The van der Waals surface area contributed by atoms with Crippen LogP contribution < -0.4 is 0 Å². The summed E-state index contributed by atoms with van der Waals surface area (Å²) < 4.78 is 0.907. The zero-order valence-electron chi connectivity index (χ0n) is 7.87. The number of phenolic OH excluding ortho intramolecular Hbond substituents is 1. The van der Waals surface area contributed by atoms with Gasteiger partial charge in [-0.2, -0.15) is 0 Å². The Morgan fingerprint density at radius 3 is 2.86 bits per heavy atom. The number of rotatable bonds is 1. The average molecular weight is 207 g/mol. The molecular formula is C10H9NO2S. The highest BCUT2D eigenvalue weighted by Gasteiger charge is 2.12. The maximum absolute atomic E-state index is 11.1. The van der Waals surface area contributed by atoms with Gasteiger partial charge in [0, 0.05) is 0 Å². The third-order valence-electron chi connectivity index (χ3n) is 2.02. The van der Waals surface area contributed by atoms with Crippen LogP contribution in [0.4, 0.5) is 0 Å². The minimum atomic E-state index is -0.143. The average Bonchev–Trinajstić information content (AvgIpc) is 2.46. The van der Waals surface area contributed by atoms with Gasteiger partial charge >= 0.3 is 0 Å². The van der Waals surface area contributed by atoms with Crippen LogP contribution in [0.2, 0.25) is 0 Å². The normalized spacial score (nSPS) is 10.7. The molecule has 0 radical (unpaired) electrons. The Hall–Kier alpha value is -1.42. The van der Waals surface area contributed by atoms with Crippen LogP contribution in [0, 0.1) is 6.92 Å². The molecule has 1 aromatic carbocycles. The van der Waals surface area contributed by atoms with E-state index in [2.05, 4.69) is 4.98 Å². The molecule has 0 spiro atoms. The van der Waals surface area contributed by atoms with Gasteiger partial charge in [-0.3, -0.25) is 4.79 Å². The number of aromatic hydroxyl groups is 1. The molecule has 0 aliphatic heterocycles. The summed E-state index contributed by atoms with van der Waals surface area (Å²) in [5.74, 6) is -0.144. The fourth-order valence-corrected chi connectivity index (χ4v) is 2.21. The van der Waals surface area contributed by atoms with Gasteiger partial charge in [-0.05, 0) is 26.0 Å². The Morgan fingerprint density at radius 2 is 2.21 bits per heavy atom. The van der Waals surface area contributed by atoms with Crippen LogP contribution in [0.3, 0.4) is 0 Å². The lowest BCUT2D eigenvalue weighted by molar-refractivity contribution is 0.101. The molecule has 1 aromatic heterocycles. The topological polar surface area (TPSA) is 50.2 Å². The predicted octanol–water partition coefficient (Wildman–Crippen LogP) is 2.51. The SMILES string of the molecule is CC(=O)c1ccc2sc(C)nc2c1O. The largest absolute Gasteiger partial charge is 0.505 e. The van der Waals surface area contributed by atoms with Crippen molar-refractivity contribution in [2.75, 3.05) is 0 Å². The van der Waals surface area contributed by atoms with Gasteiger partial charge in [0.1, 0.15) is 5.52 Å². The molecule has 2 aromatic rings. The molecule has 0 atom stereocenters. The molecule has 0 saturated carbocycles. The molecule has 1 N–H and O–H groups in total. The van der Waals surface area contributed by atoms with E-state index in [1.165, 1.54) is 18.3 Å². The van der Waals surface area contributed by atoms with E-state index in [0.29, 0.717) is 11.1 Å². The molecule has 72 valence electrons. The number of Topliss-reactive ketones (excluding diaryl/α,β-unsaturated/α-hetero) is 1. The van der Waals surface area contributed by atoms with Gasteiger partial charge in [0.2, 0.25) is 0 Å². The first-order valence-electron chi connectivity index (χ1n) is 4.19. The molecule has 0 amide bonds. The van der Waals surface area contributed by atoms with E-state index < -0.39 is 0 Å². The van der Waals surface area contributed by atoms with Crippen LogP contribution >= 0.6 is 11.3 Å². The summed E-state index contributed by atoms with van der Waals surface area (Å²) in [6.07, 6.45) is 0. The van der Waals surface area contributed by atoms with Crippen LogP contribution in [-0.4, -0.2) is 15.9 Å². The van der Waals surface area contributed by atoms with Gasteiger partial charge < -0.3 is 5.11 Å². The quantitative estimate of drug-likeness (QED) is 0.731. The Balaban J connectivity index is 2.80. The van der Waals surface area contributed by atoms with Gasteiger partial charge in [0.15, 0.2) is 11.5 Å². The molecule has 14 heavy (non-hydrogen) atoms. The van der Waals surface area contributed by atoms with Crippen molar-refractivity contribution in [3.05, 3.63) is 22.7 Å². The Kier molecular flexibility index (Phi) is 2.00. The van der Waals surface area contributed by atoms with E-state index in [4.69, 9.17) is 0 Å². The number of nitrogens with zero attached hydrogens (tertiary/aromatic N) is 1. The van der Waals surface area contributed by atoms with Crippen molar-refractivity contribution in [3.63, 3.8) is 0 Å². The van der Waals surface area contributed by atoms with Crippen molar-refractivity contribution in [2.24, 2.45) is 0 Å². The Morgan fingerprint density at radius 1 is 1.50 bits per heavy atom. The van der Waals surface area contributed by atoms with Gasteiger partial charge in [-0.25, -0.2) is 4.98 Å². The van der Waals surface area contributed by atoms with Crippen LogP contribution in [-0.2, 0) is 0 Å². The van der Waals surface area contributed by atoms with Crippen molar-refractivity contribution >= 4 is 27.3 Å². The second-order valence-corrected chi connectivity index (χ2v) is 4.33. The van der Waals surface area contributed by atoms with Crippen LogP contribution in [0.25, 0.3) is 10.2 Å². The monoisotopic (exact) mass is 207 g/mol. The molecule has 0 aliphatic carbocycles. The molecule has 4 heteroatoms. The number of carbonyl (C=O) groups is 1. The lowest BCUT2D eigenvalue weighted by Gasteiger charge is -1.99. The first-order valence-corrected chi connectivity index (χ1v) is 5.01. The minimum Gasteiger partial charge on any atom is -0.505 e. The second-order valence-electron chi connectivity index (χ2n) is 3.10. The summed E-state index contributed by atoms with van der Waals surface area (Å²) in [5.41, 5.74) is 0.864. The van der Waals surface area contributed by atoms with Crippen LogP contribution in [0.15, 0.2) is 12.1 Å². The summed E-state index contributed by atoms with van der Waals surface area (Å²) in [5, 5.41) is 10.6. The van der Waals surface area contributed by atoms with Crippen molar-refractivity contribution in [2.45, 2.75) is 13.8 Å². The number of phenols is 1. The molecule has 2 rings (SSSR count). The molecule has 0 bridgehead atoms. The maximum Gasteiger partial charge on any atom is 0.163 e. The zero-order valence-corrected chi connectivity index (χ0v) is 8.68. The molecule has 1 heterocycles. The zero-order chi connectivity index (χ0) is 10.3. The number of ketones is 1.